The number of hydrogen-bond donors (Lipinski definition) is 1. The molecule has 3 rings (SSSR count). The fourth-order valence-electron chi connectivity index (χ4n) is 2.89. The highest BCUT2D eigenvalue weighted by atomic mass is 19.1. The van der Waals surface area contributed by atoms with Gasteiger partial charge >= 0.3 is 0 Å². The van der Waals surface area contributed by atoms with E-state index >= 15 is 0 Å². The summed E-state index contributed by atoms with van der Waals surface area (Å²) in [4.78, 5) is 17.3. The van der Waals surface area contributed by atoms with Crippen LogP contribution in [0.4, 0.5) is 4.39 Å². The third kappa shape index (κ3) is 4.29. The summed E-state index contributed by atoms with van der Waals surface area (Å²) < 4.78 is 19.2. The third-order valence-electron chi connectivity index (χ3n) is 4.12. The molecule has 1 fully saturated rings. The van der Waals surface area contributed by atoms with E-state index in [1.165, 1.54) is 12.3 Å². The van der Waals surface area contributed by atoms with Crippen molar-refractivity contribution in [3.63, 3.8) is 0 Å². The normalized spacial score (nSPS) is 16.0. The maximum atomic E-state index is 13.2. The largest absolute Gasteiger partial charge is 0.490 e. The van der Waals surface area contributed by atoms with Gasteiger partial charge in [0.2, 0.25) is 0 Å². The van der Waals surface area contributed by atoms with Gasteiger partial charge in [0.25, 0.3) is 5.91 Å². The van der Waals surface area contributed by atoms with Gasteiger partial charge in [-0.25, -0.2) is 4.39 Å². The number of nitrogens with two attached hydrogens (primary N) is 1. The second kappa shape index (κ2) is 7.40. The lowest BCUT2D eigenvalue weighted by Gasteiger charge is -2.32. The van der Waals surface area contributed by atoms with Crippen molar-refractivity contribution < 1.29 is 13.9 Å². The summed E-state index contributed by atoms with van der Waals surface area (Å²) in [5.74, 6) is -0.151. The van der Waals surface area contributed by atoms with Crippen molar-refractivity contribution in [3.8, 4) is 5.75 Å². The first-order valence-electron chi connectivity index (χ1n) is 7.99. The summed E-state index contributed by atoms with van der Waals surface area (Å²) in [6.07, 6.45) is 3.37. The molecule has 1 aliphatic rings. The topological polar surface area (TPSA) is 68.5 Å². The van der Waals surface area contributed by atoms with E-state index in [0.717, 1.165) is 38.0 Å². The van der Waals surface area contributed by atoms with E-state index in [2.05, 4.69) is 9.88 Å². The molecule has 0 atom stereocenters. The highest BCUT2D eigenvalue weighted by molar-refractivity contribution is 5.91. The van der Waals surface area contributed by atoms with Crippen molar-refractivity contribution in [3.05, 3.63) is 59.7 Å². The summed E-state index contributed by atoms with van der Waals surface area (Å²) in [6.45, 7) is 2.51. The number of halogens is 1. The van der Waals surface area contributed by atoms with Crippen molar-refractivity contribution in [2.75, 3.05) is 13.1 Å². The van der Waals surface area contributed by atoms with Crippen LogP contribution in [0.2, 0.25) is 0 Å². The number of hydrogen-bond acceptors (Lipinski definition) is 4. The first-order valence-corrected chi connectivity index (χ1v) is 7.99. The van der Waals surface area contributed by atoms with Gasteiger partial charge in [-0.05, 0) is 36.6 Å². The molecular formula is C18H20FN3O2. The van der Waals surface area contributed by atoms with Crippen LogP contribution in [0.1, 0.15) is 28.9 Å². The van der Waals surface area contributed by atoms with Crippen LogP contribution in [0.3, 0.4) is 0 Å². The van der Waals surface area contributed by atoms with E-state index in [9.17, 15) is 9.18 Å². The van der Waals surface area contributed by atoms with Crippen LogP contribution in [0, 0.1) is 5.82 Å². The van der Waals surface area contributed by atoms with E-state index < -0.39 is 5.91 Å². The molecule has 2 aromatic rings. The monoisotopic (exact) mass is 329 g/mol. The van der Waals surface area contributed by atoms with Crippen LogP contribution in [0.25, 0.3) is 0 Å². The Kier molecular flexibility index (Phi) is 5.05. The number of primary amides is 1. The zero-order chi connectivity index (χ0) is 16.9. The number of ether oxygens (including phenoxy) is 1. The number of rotatable bonds is 5. The summed E-state index contributed by atoms with van der Waals surface area (Å²) in [5, 5.41) is 0. The molecule has 1 aromatic carbocycles. The molecule has 1 aromatic heterocycles. The zero-order valence-corrected chi connectivity index (χ0v) is 13.3. The van der Waals surface area contributed by atoms with Crippen LogP contribution < -0.4 is 10.5 Å². The van der Waals surface area contributed by atoms with E-state index in [0.29, 0.717) is 5.75 Å². The number of nitrogens with zero attached hydrogens (tertiary/aromatic N) is 2. The maximum Gasteiger partial charge on any atom is 0.267 e. The third-order valence-corrected chi connectivity index (χ3v) is 4.12. The molecule has 0 aliphatic carbocycles. The SMILES string of the molecule is NC(=O)c1cc(OC2CCN(Cc3cccc(F)c3)CC2)ccn1. The smallest absolute Gasteiger partial charge is 0.267 e. The van der Waals surface area contributed by atoms with E-state index in [1.54, 1.807) is 24.3 Å². The summed E-state index contributed by atoms with van der Waals surface area (Å²) in [5.41, 5.74) is 6.41. The van der Waals surface area contributed by atoms with Crippen molar-refractivity contribution in [1.82, 2.24) is 9.88 Å². The number of pyridine rings is 1. The number of piperidine rings is 1. The molecule has 0 saturated carbocycles. The Bertz CT molecular complexity index is 715. The lowest BCUT2D eigenvalue weighted by atomic mass is 10.1. The molecule has 6 heteroatoms. The van der Waals surface area contributed by atoms with E-state index in [-0.39, 0.29) is 17.6 Å². The Labute approximate surface area is 140 Å². The predicted molar refractivity (Wildman–Crippen MR) is 88.1 cm³/mol. The van der Waals surface area contributed by atoms with Crippen molar-refractivity contribution in [1.29, 1.82) is 0 Å². The number of amides is 1. The van der Waals surface area contributed by atoms with Gasteiger partial charge in [-0.1, -0.05) is 12.1 Å². The molecule has 24 heavy (non-hydrogen) atoms. The number of carbonyl (C=O) groups is 1. The van der Waals surface area contributed by atoms with Crippen LogP contribution in [-0.4, -0.2) is 35.0 Å². The van der Waals surface area contributed by atoms with Crippen molar-refractivity contribution in [2.45, 2.75) is 25.5 Å². The second-order valence-corrected chi connectivity index (χ2v) is 5.96. The first-order chi connectivity index (χ1) is 11.6. The Morgan fingerprint density at radius 3 is 2.79 bits per heavy atom. The van der Waals surface area contributed by atoms with Crippen LogP contribution in [-0.2, 0) is 6.54 Å². The second-order valence-electron chi connectivity index (χ2n) is 5.96. The van der Waals surface area contributed by atoms with Crippen LogP contribution in [0.15, 0.2) is 42.6 Å². The molecule has 1 aliphatic heterocycles. The van der Waals surface area contributed by atoms with Crippen LogP contribution >= 0.6 is 0 Å². The molecule has 0 spiro atoms. The van der Waals surface area contributed by atoms with Gasteiger partial charge in [0.15, 0.2) is 0 Å². The maximum absolute atomic E-state index is 13.2. The predicted octanol–water partition coefficient (Wildman–Crippen LogP) is 2.36. The number of likely N-dealkylation sites (tertiary alicyclic amines) is 1. The average molecular weight is 329 g/mol. The van der Waals surface area contributed by atoms with Gasteiger partial charge in [0.1, 0.15) is 23.4 Å². The lowest BCUT2D eigenvalue weighted by Crippen LogP contribution is -2.37. The minimum Gasteiger partial charge on any atom is -0.490 e. The Morgan fingerprint density at radius 2 is 2.08 bits per heavy atom. The number of carbonyl (C=O) groups excluding carboxylic acids is 1. The summed E-state index contributed by atoms with van der Waals surface area (Å²) in [7, 11) is 0. The first kappa shape index (κ1) is 16.4. The van der Waals surface area contributed by atoms with Crippen molar-refractivity contribution >= 4 is 5.91 Å². The molecule has 0 radical (unpaired) electrons. The van der Waals surface area contributed by atoms with E-state index in [4.69, 9.17) is 10.5 Å². The Hall–Kier alpha value is -2.47. The molecular weight excluding hydrogens is 309 g/mol. The van der Waals surface area contributed by atoms with E-state index in [1.807, 2.05) is 6.07 Å². The molecule has 1 amide bonds. The molecule has 2 heterocycles. The average Bonchev–Trinajstić information content (AvgIpc) is 2.57. The molecule has 2 N–H and O–H groups in total. The number of benzene rings is 1. The summed E-state index contributed by atoms with van der Waals surface area (Å²) in [6, 6.07) is 10.0. The highest BCUT2D eigenvalue weighted by Crippen LogP contribution is 2.20. The minimum absolute atomic E-state index is 0.0943. The van der Waals surface area contributed by atoms with Crippen LogP contribution in [0.5, 0.6) is 5.75 Å². The van der Waals surface area contributed by atoms with Gasteiger partial charge in [0, 0.05) is 31.9 Å². The lowest BCUT2D eigenvalue weighted by molar-refractivity contribution is 0.0953. The fourth-order valence-corrected chi connectivity index (χ4v) is 2.89. The van der Waals surface area contributed by atoms with Crippen molar-refractivity contribution in [2.24, 2.45) is 5.73 Å². The standard InChI is InChI=1S/C18H20FN3O2/c19-14-3-1-2-13(10-14)12-22-8-5-15(6-9-22)24-16-4-7-21-17(11-16)18(20)23/h1-4,7,10-11,15H,5-6,8-9,12H2,(H2,20,23). The summed E-state index contributed by atoms with van der Waals surface area (Å²) >= 11 is 0. The molecule has 126 valence electrons. The Morgan fingerprint density at radius 1 is 1.29 bits per heavy atom. The quantitative estimate of drug-likeness (QED) is 0.914. The van der Waals surface area contributed by atoms with Gasteiger partial charge < -0.3 is 10.5 Å². The van der Waals surface area contributed by atoms with Gasteiger partial charge in [-0.15, -0.1) is 0 Å². The minimum atomic E-state index is -0.564. The van der Waals surface area contributed by atoms with Gasteiger partial charge in [0.05, 0.1) is 0 Å². The highest BCUT2D eigenvalue weighted by Gasteiger charge is 2.21. The molecule has 0 bridgehead atoms. The molecule has 1 saturated heterocycles. The number of aromatic nitrogens is 1. The van der Waals surface area contributed by atoms with Gasteiger partial charge in [-0.2, -0.15) is 0 Å². The molecule has 0 unspecified atom stereocenters. The Balaban J connectivity index is 1.52. The fraction of sp³-hybridized carbons (Fsp3) is 0.333. The van der Waals surface area contributed by atoms with Gasteiger partial charge in [-0.3, -0.25) is 14.7 Å². The zero-order valence-electron chi connectivity index (χ0n) is 13.3. The molecule has 5 nitrogen and oxygen atoms in total.